The summed E-state index contributed by atoms with van der Waals surface area (Å²) in [6, 6.07) is 7.34. The van der Waals surface area contributed by atoms with Crippen LogP contribution in [0.2, 0.25) is 0 Å². The zero-order valence-corrected chi connectivity index (χ0v) is 9.58. The first-order valence-electron chi connectivity index (χ1n) is 4.14. The van der Waals surface area contributed by atoms with Gasteiger partial charge >= 0.3 is 5.97 Å². The molecule has 0 spiro atoms. The molecule has 0 N–H and O–H groups in total. The number of para-hydroxylation sites is 1. The molecule has 1 unspecified atom stereocenters. The standard InChI is InChI=1S/C10H11BrO3/c1-7(10(12)13-2)14-9-6-4-3-5-8(9)11/h3-7H,1-2H3. The van der Waals surface area contributed by atoms with Crippen LogP contribution in [0.5, 0.6) is 5.75 Å². The highest BCUT2D eigenvalue weighted by molar-refractivity contribution is 9.10. The molecule has 0 radical (unpaired) electrons. The van der Waals surface area contributed by atoms with Gasteiger partial charge in [-0.3, -0.25) is 0 Å². The van der Waals surface area contributed by atoms with Crippen LogP contribution in [0.25, 0.3) is 0 Å². The van der Waals surface area contributed by atoms with Gasteiger partial charge in [0, 0.05) is 0 Å². The molecular formula is C10H11BrO3. The van der Waals surface area contributed by atoms with Crippen molar-refractivity contribution in [1.82, 2.24) is 0 Å². The van der Waals surface area contributed by atoms with Gasteiger partial charge in [-0.2, -0.15) is 0 Å². The minimum Gasteiger partial charge on any atom is -0.478 e. The smallest absolute Gasteiger partial charge is 0.346 e. The maximum absolute atomic E-state index is 11.1. The van der Waals surface area contributed by atoms with E-state index in [1.807, 2.05) is 18.2 Å². The second-order valence-electron chi connectivity index (χ2n) is 2.71. The Balaban J connectivity index is 2.69. The maximum atomic E-state index is 11.1. The van der Waals surface area contributed by atoms with Crippen molar-refractivity contribution in [2.75, 3.05) is 7.11 Å². The fraction of sp³-hybridized carbons (Fsp3) is 0.300. The third-order valence-electron chi connectivity index (χ3n) is 1.67. The van der Waals surface area contributed by atoms with Crippen molar-refractivity contribution in [3.8, 4) is 5.75 Å². The number of hydrogen-bond donors (Lipinski definition) is 0. The average Bonchev–Trinajstić information content (AvgIpc) is 2.20. The highest BCUT2D eigenvalue weighted by Crippen LogP contribution is 2.24. The highest BCUT2D eigenvalue weighted by Gasteiger charge is 2.15. The van der Waals surface area contributed by atoms with Gasteiger partial charge in [0.15, 0.2) is 6.10 Å². The van der Waals surface area contributed by atoms with Crippen molar-refractivity contribution in [3.05, 3.63) is 28.7 Å². The van der Waals surface area contributed by atoms with Crippen LogP contribution in [0.15, 0.2) is 28.7 Å². The van der Waals surface area contributed by atoms with E-state index in [-0.39, 0.29) is 5.97 Å². The largest absolute Gasteiger partial charge is 0.478 e. The number of esters is 1. The molecule has 76 valence electrons. The van der Waals surface area contributed by atoms with E-state index < -0.39 is 6.10 Å². The topological polar surface area (TPSA) is 35.5 Å². The molecule has 0 aliphatic heterocycles. The Hall–Kier alpha value is -1.03. The summed E-state index contributed by atoms with van der Waals surface area (Å²) in [5.74, 6) is 0.242. The van der Waals surface area contributed by atoms with E-state index in [9.17, 15) is 4.79 Å². The van der Waals surface area contributed by atoms with E-state index in [4.69, 9.17) is 4.74 Å². The molecule has 0 amide bonds. The highest BCUT2D eigenvalue weighted by atomic mass is 79.9. The Morgan fingerprint density at radius 1 is 1.43 bits per heavy atom. The third-order valence-corrected chi connectivity index (χ3v) is 2.33. The Labute approximate surface area is 91.1 Å². The van der Waals surface area contributed by atoms with Gasteiger partial charge in [0.05, 0.1) is 11.6 Å². The Kier molecular flexibility index (Phi) is 3.95. The summed E-state index contributed by atoms with van der Waals surface area (Å²) in [6.07, 6.45) is -0.598. The van der Waals surface area contributed by atoms with Gasteiger partial charge in [-0.15, -0.1) is 0 Å². The normalized spacial score (nSPS) is 11.9. The molecule has 0 aromatic heterocycles. The van der Waals surface area contributed by atoms with Crippen molar-refractivity contribution in [3.63, 3.8) is 0 Å². The van der Waals surface area contributed by atoms with Crippen LogP contribution >= 0.6 is 15.9 Å². The summed E-state index contributed by atoms with van der Waals surface area (Å²) < 4.78 is 10.7. The van der Waals surface area contributed by atoms with Crippen molar-refractivity contribution in [2.24, 2.45) is 0 Å². The van der Waals surface area contributed by atoms with Crippen molar-refractivity contribution in [2.45, 2.75) is 13.0 Å². The lowest BCUT2D eigenvalue weighted by Crippen LogP contribution is -2.24. The molecule has 1 atom stereocenters. The van der Waals surface area contributed by atoms with Crippen LogP contribution in [0.1, 0.15) is 6.92 Å². The van der Waals surface area contributed by atoms with Gasteiger partial charge in [-0.25, -0.2) is 4.79 Å². The fourth-order valence-corrected chi connectivity index (χ4v) is 1.32. The van der Waals surface area contributed by atoms with Crippen molar-refractivity contribution < 1.29 is 14.3 Å². The van der Waals surface area contributed by atoms with Crippen LogP contribution in [0, 0.1) is 0 Å². The SMILES string of the molecule is COC(=O)C(C)Oc1ccccc1Br. The number of hydrogen-bond acceptors (Lipinski definition) is 3. The van der Waals surface area contributed by atoms with E-state index in [0.29, 0.717) is 5.75 Å². The molecule has 4 heteroatoms. The van der Waals surface area contributed by atoms with Gasteiger partial charge in [0.1, 0.15) is 5.75 Å². The number of carbonyl (C=O) groups is 1. The van der Waals surface area contributed by atoms with Crippen molar-refractivity contribution >= 4 is 21.9 Å². The first kappa shape index (κ1) is 11.0. The first-order chi connectivity index (χ1) is 6.65. The number of rotatable bonds is 3. The zero-order chi connectivity index (χ0) is 10.6. The quantitative estimate of drug-likeness (QED) is 0.782. The van der Waals surface area contributed by atoms with Crippen LogP contribution in [-0.4, -0.2) is 19.2 Å². The van der Waals surface area contributed by atoms with Gasteiger partial charge in [0.25, 0.3) is 0 Å². The molecule has 0 aliphatic carbocycles. The number of ether oxygens (including phenoxy) is 2. The molecule has 0 fully saturated rings. The summed E-state index contributed by atoms with van der Waals surface area (Å²) in [5.41, 5.74) is 0. The second kappa shape index (κ2) is 5.00. The fourth-order valence-electron chi connectivity index (χ4n) is 0.945. The number of benzene rings is 1. The van der Waals surface area contributed by atoms with E-state index in [1.165, 1.54) is 7.11 Å². The molecule has 14 heavy (non-hydrogen) atoms. The van der Waals surface area contributed by atoms with Gasteiger partial charge in [-0.1, -0.05) is 12.1 Å². The third kappa shape index (κ3) is 2.73. The summed E-state index contributed by atoms with van der Waals surface area (Å²) in [5, 5.41) is 0. The predicted octanol–water partition coefficient (Wildman–Crippen LogP) is 2.39. The van der Waals surface area contributed by atoms with E-state index in [0.717, 1.165) is 4.47 Å². The Morgan fingerprint density at radius 2 is 2.07 bits per heavy atom. The first-order valence-corrected chi connectivity index (χ1v) is 4.93. The van der Waals surface area contributed by atoms with Crippen LogP contribution in [0.3, 0.4) is 0 Å². The summed E-state index contributed by atoms with van der Waals surface area (Å²) in [6.45, 7) is 1.64. The van der Waals surface area contributed by atoms with Crippen molar-refractivity contribution in [1.29, 1.82) is 0 Å². The lowest BCUT2D eigenvalue weighted by Gasteiger charge is -2.13. The molecule has 1 aromatic carbocycles. The van der Waals surface area contributed by atoms with E-state index in [1.54, 1.807) is 13.0 Å². The lowest BCUT2D eigenvalue weighted by atomic mass is 10.3. The summed E-state index contributed by atoms with van der Waals surface area (Å²) in [4.78, 5) is 11.1. The van der Waals surface area contributed by atoms with Crippen LogP contribution < -0.4 is 4.74 Å². The van der Waals surface area contributed by atoms with Gasteiger partial charge in [0.2, 0.25) is 0 Å². The van der Waals surface area contributed by atoms with Gasteiger partial charge < -0.3 is 9.47 Å². The zero-order valence-electron chi connectivity index (χ0n) is 7.99. The van der Waals surface area contributed by atoms with Gasteiger partial charge in [-0.05, 0) is 35.0 Å². The molecule has 0 aliphatic rings. The van der Waals surface area contributed by atoms with Crippen LogP contribution in [-0.2, 0) is 9.53 Å². The minimum absolute atomic E-state index is 0.388. The molecule has 3 nitrogen and oxygen atoms in total. The second-order valence-corrected chi connectivity index (χ2v) is 3.57. The Bertz CT molecular complexity index is 325. The van der Waals surface area contributed by atoms with E-state index in [2.05, 4.69) is 20.7 Å². The monoisotopic (exact) mass is 258 g/mol. The molecule has 0 saturated carbocycles. The minimum atomic E-state index is -0.598. The molecule has 0 heterocycles. The van der Waals surface area contributed by atoms with Crippen LogP contribution in [0.4, 0.5) is 0 Å². The molecule has 0 saturated heterocycles. The molecule has 1 aromatic rings. The molecule has 0 bridgehead atoms. The van der Waals surface area contributed by atoms with E-state index >= 15 is 0 Å². The maximum Gasteiger partial charge on any atom is 0.346 e. The number of halogens is 1. The molecular weight excluding hydrogens is 248 g/mol. The predicted molar refractivity (Wildman–Crippen MR) is 56.2 cm³/mol. The Morgan fingerprint density at radius 3 is 2.64 bits per heavy atom. The summed E-state index contributed by atoms with van der Waals surface area (Å²) >= 11 is 3.32. The molecule has 1 rings (SSSR count). The average molecular weight is 259 g/mol. The summed E-state index contributed by atoms with van der Waals surface area (Å²) in [7, 11) is 1.34. The number of carbonyl (C=O) groups excluding carboxylic acids is 1. The number of methoxy groups -OCH3 is 1. The lowest BCUT2D eigenvalue weighted by molar-refractivity contribution is -0.147.